The molecular formula is C54H48N4OPt-2. The van der Waals surface area contributed by atoms with Crippen molar-refractivity contribution in [3.05, 3.63) is 174 Å². The summed E-state index contributed by atoms with van der Waals surface area (Å²) in [6.07, 6.45) is 5.62. The number of aromatic nitrogens is 4. The summed E-state index contributed by atoms with van der Waals surface area (Å²) >= 11 is 0. The van der Waals surface area contributed by atoms with E-state index in [-0.39, 0.29) is 26.5 Å². The second-order valence-electron chi connectivity index (χ2n) is 17.5. The summed E-state index contributed by atoms with van der Waals surface area (Å²) in [4.78, 5) is 5.02. The van der Waals surface area contributed by atoms with Gasteiger partial charge in [0.1, 0.15) is 5.82 Å². The number of imidazole rings is 1. The molecule has 1 aliphatic heterocycles. The van der Waals surface area contributed by atoms with Crippen LogP contribution in [0.25, 0.3) is 61.2 Å². The summed E-state index contributed by atoms with van der Waals surface area (Å²) in [7, 11) is 0. The standard InChI is InChI=1S/C54H48N4O.Pt/c1-33(2)37-27-43(34(3)4)52(44(28-37)35(5)6)36-25-26-55-51(29-36)58-47-20-11-9-17-41(47)42-24-23-40(31-50(42)58)59-39-16-13-15-38(30-39)56-32-57-48-21-12-10-18-45(48)54(7,8)46-19-14-22-49(56)53(46)57;/h9-29,33-35H,1-8H3;/q-2;. The molecule has 0 aliphatic carbocycles. The van der Waals surface area contributed by atoms with E-state index in [0.717, 1.165) is 50.0 Å². The first-order valence-electron chi connectivity index (χ1n) is 20.9. The van der Waals surface area contributed by atoms with Crippen molar-refractivity contribution >= 4 is 32.8 Å². The van der Waals surface area contributed by atoms with Crippen LogP contribution in [0.4, 0.5) is 0 Å². The number of benzene rings is 6. The van der Waals surface area contributed by atoms with Crippen molar-refractivity contribution in [3.8, 4) is 39.8 Å². The van der Waals surface area contributed by atoms with Gasteiger partial charge in [-0.1, -0.05) is 128 Å². The number of para-hydroxylation sites is 3. The zero-order valence-electron chi connectivity index (χ0n) is 35.4. The van der Waals surface area contributed by atoms with Gasteiger partial charge < -0.3 is 13.9 Å². The van der Waals surface area contributed by atoms with Crippen LogP contribution in [0.1, 0.15) is 101 Å². The average molecular weight is 964 g/mol. The third kappa shape index (κ3) is 6.32. The van der Waals surface area contributed by atoms with Gasteiger partial charge in [-0.3, -0.25) is 4.57 Å². The van der Waals surface area contributed by atoms with Crippen molar-refractivity contribution < 1.29 is 30.4 Å². The van der Waals surface area contributed by atoms with E-state index in [1.165, 1.54) is 38.9 Å². The van der Waals surface area contributed by atoms with Gasteiger partial charge in [0.15, 0.2) is 0 Å². The second-order valence-corrected chi connectivity index (χ2v) is 17.5. The quantitative estimate of drug-likeness (QED) is 0.112. The smallest absolute Gasteiger partial charge is 0.268 e. The van der Waals surface area contributed by atoms with E-state index < -0.39 is 0 Å². The Bertz CT molecular complexity index is 3080. The molecule has 3 aromatic heterocycles. The van der Waals surface area contributed by atoms with Crippen LogP contribution in [0.5, 0.6) is 11.5 Å². The van der Waals surface area contributed by atoms with Crippen molar-refractivity contribution in [2.45, 2.75) is 78.6 Å². The molecule has 6 aromatic carbocycles. The van der Waals surface area contributed by atoms with Crippen LogP contribution in [-0.2, 0) is 26.5 Å². The van der Waals surface area contributed by atoms with Crippen molar-refractivity contribution in [2.24, 2.45) is 0 Å². The molecule has 0 unspecified atom stereocenters. The summed E-state index contributed by atoms with van der Waals surface area (Å²) in [5.41, 5.74) is 15.3. The molecule has 0 saturated heterocycles. The van der Waals surface area contributed by atoms with Crippen LogP contribution in [0.2, 0.25) is 0 Å². The van der Waals surface area contributed by atoms with Crippen molar-refractivity contribution in [2.75, 3.05) is 0 Å². The van der Waals surface area contributed by atoms with Gasteiger partial charge in [0.2, 0.25) is 0 Å². The maximum absolute atomic E-state index is 6.63. The number of hydrogen-bond acceptors (Lipinski definition) is 2. The number of hydrogen-bond donors (Lipinski definition) is 0. The molecule has 6 heteroatoms. The second kappa shape index (κ2) is 15.0. The Balaban J connectivity index is 0.00000462. The van der Waals surface area contributed by atoms with E-state index in [1.807, 2.05) is 24.4 Å². The van der Waals surface area contributed by atoms with Gasteiger partial charge in [-0.15, -0.1) is 29.7 Å². The topological polar surface area (TPSA) is 35.9 Å². The number of fused-ring (bicyclic) bond motifs is 5. The Labute approximate surface area is 367 Å². The zero-order chi connectivity index (χ0) is 40.7. The predicted octanol–water partition coefficient (Wildman–Crippen LogP) is 13.3. The third-order valence-corrected chi connectivity index (χ3v) is 12.3. The SMILES string of the molecule is CC(C)c1cc(C(C)C)c(-c2ccnc(-n3c4[c-]c(Oc5[c-]c(-n6[c-][n+]7c8c(cccc86)C(C)(C)c6ccccc6-7)ccc5)ccc4c4ccccc43)c2)c(C(C)C)c1.[Pt]. The first-order chi connectivity index (χ1) is 28.5. The van der Waals surface area contributed by atoms with E-state index in [4.69, 9.17) is 9.72 Å². The van der Waals surface area contributed by atoms with Crippen molar-refractivity contribution in [1.29, 1.82) is 0 Å². The summed E-state index contributed by atoms with van der Waals surface area (Å²) < 4.78 is 13.2. The number of nitrogens with zero attached hydrogens (tertiary/aromatic N) is 4. The van der Waals surface area contributed by atoms with Gasteiger partial charge in [0.05, 0.1) is 16.7 Å². The van der Waals surface area contributed by atoms with Crippen molar-refractivity contribution in [1.82, 2.24) is 14.1 Å². The van der Waals surface area contributed by atoms with Crippen LogP contribution in [-0.4, -0.2) is 14.1 Å². The normalized spacial score (nSPS) is 13.1. The fraction of sp³-hybridized carbons (Fsp3) is 0.222. The molecule has 0 N–H and O–H groups in total. The fourth-order valence-electron chi connectivity index (χ4n) is 9.26. The third-order valence-electron chi connectivity index (χ3n) is 12.3. The molecule has 4 heterocycles. The maximum Gasteiger partial charge on any atom is 0.268 e. The first kappa shape index (κ1) is 39.7. The molecule has 1 aliphatic rings. The Morgan fingerprint density at radius 2 is 1.33 bits per heavy atom. The molecule has 0 bridgehead atoms. The van der Waals surface area contributed by atoms with E-state index in [9.17, 15) is 0 Å². The molecule has 302 valence electrons. The van der Waals surface area contributed by atoms with Gasteiger partial charge in [-0.25, -0.2) is 4.98 Å². The van der Waals surface area contributed by atoms with E-state index in [0.29, 0.717) is 29.3 Å². The van der Waals surface area contributed by atoms with Gasteiger partial charge in [-0.05, 0) is 92.0 Å². The molecule has 10 rings (SSSR count). The molecule has 0 radical (unpaired) electrons. The van der Waals surface area contributed by atoms with E-state index in [1.54, 1.807) is 0 Å². The minimum atomic E-state index is -0.147. The summed E-state index contributed by atoms with van der Waals surface area (Å²) in [6, 6.07) is 50.4. The molecule has 0 saturated carbocycles. The molecule has 0 amide bonds. The fourth-order valence-corrected chi connectivity index (χ4v) is 9.26. The summed E-state index contributed by atoms with van der Waals surface area (Å²) in [5, 5.41) is 2.23. The molecular weight excluding hydrogens is 916 g/mol. The number of rotatable bonds is 8. The van der Waals surface area contributed by atoms with Crippen LogP contribution in [0, 0.1) is 18.5 Å². The van der Waals surface area contributed by atoms with Crippen molar-refractivity contribution in [3.63, 3.8) is 0 Å². The number of ether oxygens (including phenoxy) is 1. The van der Waals surface area contributed by atoms with Crippen LogP contribution < -0.4 is 9.30 Å². The van der Waals surface area contributed by atoms with Gasteiger partial charge in [-0.2, -0.15) is 18.2 Å². The molecule has 0 atom stereocenters. The Morgan fingerprint density at radius 3 is 2.10 bits per heavy atom. The Kier molecular flexibility index (Phi) is 9.95. The van der Waals surface area contributed by atoms with E-state index in [2.05, 4.69) is 191 Å². The predicted molar refractivity (Wildman–Crippen MR) is 240 cm³/mol. The largest absolute Gasteiger partial charge is 0.510 e. The Hall–Kier alpha value is -5.77. The number of pyridine rings is 1. The van der Waals surface area contributed by atoms with Gasteiger partial charge in [0.25, 0.3) is 6.33 Å². The van der Waals surface area contributed by atoms with Crippen LogP contribution in [0.15, 0.2) is 128 Å². The van der Waals surface area contributed by atoms with Gasteiger partial charge >= 0.3 is 0 Å². The summed E-state index contributed by atoms with van der Waals surface area (Å²) in [5.74, 6) is 3.24. The zero-order valence-corrected chi connectivity index (χ0v) is 37.6. The van der Waals surface area contributed by atoms with Gasteiger partial charge in [0, 0.05) is 49.7 Å². The van der Waals surface area contributed by atoms with E-state index >= 15 is 0 Å². The first-order valence-corrected chi connectivity index (χ1v) is 20.9. The molecule has 5 nitrogen and oxygen atoms in total. The average Bonchev–Trinajstić information content (AvgIpc) is 3.79. The summed E-state index contributed by atoms with van der Waals surface area (Å²) in [6.45, 7) is 18.4. The molecule has 60 heavy (non-hydrogen) atoms. The molecule has 0 fully saturated rings. The molecule has 9 aromatic rings. The minimum absolute atomic E-state index is 0. The molecule has 0 spiro atoms. The Morgan fingerprint density at radius 1 is 0.650 bits per heavy atom. The van der Waals surface area contributed by atoms with Crippen LogP contribution >= 0.6 is 0 Å². The maximum atomic E-state index is 6.63. The van der Waals surface area contributed by atoms with Crippen LogP contribution in [0.3, 0.4) is 0 Å². The minimum Gasteiger partial charge on any atom is -0.510 e. The monoisotopic (exact) mass is 963 g/mol.